The third-order valence-electron chi connectivity index (χ3n) is 3.85. The molecule has 0 aliphatic carbocycles. The van der Waals surface area contributed by atoms with E-state index in [0.29, 0.717) is 5.92 Å². The summed E-state index contributed by atoms with van der Waals surface area (Å²) in [6, 6.07) is 7.38. The summed E-state index contributed by atoms with van der Waals surface area (Å²) in [5.41, 5.74) is 0. The van der Waals surface area contributed by atoms with Crippen molar-refractivity contribution in [3.8, 4) is 5.75 Å². The highest BCUT2D eigenvalue weighted by atomic mass is 16.3. The summed E-state index contributed by atoms with van der Waals surface area (Å²) in [4.78, 5) is 4.41. The number of nitrogens with one attached hydrogen (secondary N) is 1. The van der Waals surface area contributed by atoms with Gasteiger partial charge in [0.05, 0.1) is 0 Å². The highest BCUT2D eigenvalue weighted by Crippen LogP contribution is 2.25. The number of aromatic hydroxyl groups is 1. The fourth-order valence-electron chi connectivity index (χ4n) is 2.48. The van der Waals surface area contributed by atoms with E-state index in [1.807, 2.05) is 18.3 Å². The van der Waals surface area contributed by atoms with Crippen molar-refractivity contribution in [1.29, 1.82) is 0 Å². The molecule has 3 heteroatoms. The molecule has 0 amide bonds. The van der Waals surface area contributed by atoms with Gasteiger partial charge in [0.25, 0.3) is 0 Å². The maximum Gasteiger partial charge on any atom is 0.133 e. The number of pyridine rings is 1. The molecule has 2 rings (SSSR count). The molecule has 0 bridgehead atoms. The van der Waals surface area contributed by atoms with Gasteiger partial charge in [-0.25, -0.2) is 4.98 Å². The number of rotatable bonds is 7. The lowest BCUT2D eigenvalue weighted by atomic mass is 9.99. The van der Waals surface area contributed by atoms with Crippen LogP contribution in [0.25, 0.3) is 10.8 Å². The zero-order valence-electron chi connectivity index (χ0n) is 12.4. The Morgan fingerprint density at radius 3 is 2.85 bits per heavy atom. The summed E-state index contributed by atoms with van der Waals surface area (Å²) in [7, 11) is 0. The van der Waals surface area contributed by atoms with E-state index in [9.17, 15) is 5.11 Å². The Labute approximate surface area is 121 Å². The number of aromatic nitrogens is 1. The first-order chi connectivity index (χ1) is 9.74. The minimum atomic E-state index is 0.284. The van der Waals surface area contributed by atoms with Crippen LogP contribution < -0.4 is 5.32 Å². The molecule has 0 saturated heterocycles. The molecule has 1 heterocycles. The fourth-order valence-corrected chi connectivity index (χ4v) is 2.48. The van der Waals surface area contributed by atoms with Gasteiger partial charge in [0.2, 0.25) is 0 Å². The van der Waals surface area contributed by atoms with Crippen LogP contribution in [0.3, 0.4) is 0 Å². The van der Waals surface area contributed by atoms with Gasteiger partial charge in [-0.15, -0.1) is 0 Å². The molecule has 108 valence electrons. The molecular weight excluding hydrogens is 248 g/mol. The molecule has 20 heavy (non-hydrogen) atoms. The maximum absolute atomic E-state index is 9.64. The number of nitrogens with zero attached hydrogens (tertiary/aromatic N) is 1. The largest absolute Gasteiger partial charge is 0.508 e. The number of benzene rings is 1. The zero-order valence-corrected chi connectivity index (χ0v) is 12.4. The van der Waals surface area contributed by atoms with Crippen molar-refractivity contribution < 1.29 is 5.11 Å². The van der Waals surface area contributed by atoms with E-state index in [-0.39, 0.29) is 5.75 Å². The van der Waals surface area contributed by atoms with Crippen molar-refractivity contribution in [2.45, 2.75) is 39.5 Å². The molecule has 0 aliphatic rings. The van der Waals surface area contributed by atoms with Gasteiger partial charge in [-0.3, -0.25) is 0 Å². The molecule has 1 atom stereocenters. The first kappa shape index (κ1) is 14.6. The second kappa shape index (κ2) is 7.13. The Hall–Kier alpha value is -1.77. The summed E-state index contributed by atoms with van der Waals surface area (Å²) in [5, 5.41) is 15.2. The van der Waals surface area contributed by atoms with E-state index in [4.69, 9.17) is 0 Å². The normalized spacial score (nSPS) is 12.5. The number of phenols is 1. The van der Waals surface area contributed by atoms with Gasteiger partial charge in [0.15, 0.2) is 0 Å². The molecule has 0 radical (unpaired) electrons. The predicted molar refractivity (Wildman–Crippen MR) is 85.2 cm³/mol. The van der Waals surface area contributed by atoms with Crippen LogP contribution in [-0.2, 0) is 0 Å². The van der Waals surface area contributed by atoms with Crippen LogP contribution in [-0.4, -0.2) is 16.6 Å². The summed E-state index contributed by atoms with van der Waals surface area (Å²) >= 11 is 0. The molecule has 0 saturated carbocycles. The number of hydrogen-bond donors (Lipinski definition) is 2. The molecule has 3 nitrogen and oxygen atoms in total. The van der Waals surface area contributed by atoms with Crippen LogP contribution in [0.5, 0.6) is 5.75 Å². The van der Waals surface area contributed by atoms with E-state index >= 15 is 0 Å². The number of fused-ring (bicyclic) bond motifs is 1. The fraction of sp³-hybridized carbons (Fsp3) is 0.471. The van der Waals surface area contributed by atoms with Crippen molar-refractivity contribution in [3.63, 3.8) is 0 Å². The first-order valence-electron chi connectivity index (χ1n) is 7.56. The van der Waals surface area contributed by atoms with Gasteiger partial charge in [0.1, 0.15) is 11.6 Å². The summed E-state index contributed by atoms with van der Waals surface area (Å²) in [5.74, 6) is 1.84. The molecule has 0 aliphatic heterocycles. The van der Waals surface area contributed by atoms with Gasteiger partial charge in [-0.1, -0.05) is 39.2 Å². The monoisotopic (exact) mass is 272 g/mol. The van der Waals surface area contributed by atoms with Gasteiger partial charge >= 0.3 is 0 Å². The molecular formula is C17H24N2O. The lowest BCUT2D eigenvalue weighted by molar-refractivity contribution is 0.472. The van der Waals surface area contributed by atoms with Crippen molar-refractivity contribution in [2.24, 2.45) is 5.92 Å². The van der Waals surface area contributed by atoms with Crippen LogP contribution in [0.15, 0.2) is 30.5 Å². The summed E-state index contributed by atoms with van der Waals surface area (Å²) < 4.78 is 0. The van der Waals surface area contributed by atoms with Gasteiger partial charge < -0.3 is 10.4 Å². The minimum absolute atomic E-state index is 0.284. The highest BCUT2D eigenvalue weighted by molar-refractivity contribution is 5.92. The Balaban J connectivity index is 2.11. The van der Waals surface area contributed by atoms with E-state index < -0.39 is 0 Å². The first-order valence-corrected chi connectivity index (χ1v) is 7.56. The van der Waals surface area contributed by atoms with Gasteiger partial charge in [-0.2, -0.15) is 0 Å². The van der Waals surface area contributed by atoms with Crippen LogP contribution in [0.2, 0.25) is 0 Å². The molecule has 0 fully saturated rings. The number of anilines is 1. The molecule has 1 aromatic carbocycles. The Bertz CT molecular complexity index is 554. The third-order valence-corrected chi connectivity index (χ3v) is 3.85. The predicted octanol–water partition coefficient (Wildman–Crippen LogP) is 4.57. The maximum atomic E-state index is 9.64. The van der Waals surface area contributed by atoms with E-state index in [1.165, 1.54) is 25.7 Å². The molecule has 0 spiro atoms. The van der Waals surface area contributed by atoms with Crippen molar-refractivity contribution in [2.75, 3.05) is 11.9 Å². The van der Waals surface area contributed by atoms with E-state index in [2.05, 4.69) is 24.1 Å². The van der Waals surface area contributed by atoms with Crippen molar-refractivity contribution in [3.05, 3.63) is 30.5 Å². The molecule has 1 aromatic heterocycles. The van der Waals surface area contributed by atoms with E-state index in [0.717, 1.165) is 23.1 Å². The molecule has 1 unspecified atom stereocenters. The van der Waals surface area contributed by atoms with Gasteiger partial charge in [0, 0.05) is 18.1 Å². The molecule has 2 aromatic rings. The summed E-state index contributed by atoms with van der Waals surface area (Å²) in [6.45, 7) is 5.41. The van der Waals surface area contributed by atoms with Crippen LogP contribution >= 0.6 is 0 Å². The topological polar surface area (TPSA) is 45.2 Å². The standard InChI is InChI=1S/C17H24N2O/c1-3-5-6-13(4-2)12-19-17-16-11-15(20)8-7-14(16)9-10-18-17/h7-11,13,20H,3-6,12H2,1-2H3,(H,18,19). The number of hydrogen-bond acceptors (Lipinski definition) is 3. The minimum Gasteiger partial charge on any atom is -0.508 e. The van der Waals surface area contributed by atoms with Gasteiger partial charge in [-0.05, 0) is 35.9 Å². The summed E-state index contributed by atoms with van der Waals surface area (Å²) in [6.07, 6.45) is 6.79. The second-order valence-corrected chi connectivity index (χ2v) is 5.36. The quantitative estimate of drug-likeness (QED) is 0.776. The molecule has 2 N–H and O–H groups in total. The van der Waals surface area contributed by atoms with Crippen LogP contribution in [0, 0.1) is 5.92 Å². The average Bonchev–Trinajstić information content (AvgIpc) is 2.47. The lowest BCUT2D eigenvalue weighted by Gasteiger charge is -2.16. The Kier molecular flexibility index (Phi) is 5.22. The smallest absolute Gasteiger partial charge is 0.133 e. The second-order valence-electron chi connectivity index (χ2n) is 5.36. The zero-order chi connectivity index (χ0) is 14.4. The average molecular weight is 272 g/mol. The lowest BCUT2D eigenvalue weighted by Crippen LogP contribution is -2.14. The SMILES string of the molecule is CCCCC(CC)CNc1nccc2ccc(O)cc12. The Morgan fingerprint density at radius 2 is 2.10 bits per heavy atom. The number of phenolic OH excluding ortho intramolecular Hbond substituents is 1. The van der Waals surface area contributed by atoms with Crippen molar-refractivity contribution in [1.82, 2.24) is 4.98 Å². The number of unbranched alkanes of at least 4 members (excludes halogenated alkanes) is 1. The van der Waals surface area contributed by atoms with Crippen LogP contribution in [0.1, 0.15) is 39.5 Å². The van der Waals surface area contributed by atoms with Crippen molar-refractivity contribution >= 4 is 16.6 Å². The van der Waals surface area contributed by atoms with Crippen LogP contribution in [0.4, 0.5) is 5.82 Å². The Morgan fingerprint density at radius 1 is 1.25 bits per heavy atom. The third kappa shape index (κ3) is 3.62. The highest BCUT2D eigenvalue weighted by Gasteiger charge is 2.08. The van der Waals surface area contributed by atoms with E-state index in [1.54, 1.807) is 12.1 Å².